The molecule has 3 aliphatic heterocycles. The highest BCUT2D eigenvalue weighted by Gasteiger charge is 2.28. The Morgan fingerprint density at radius 3 is 2.68 bits per heavy atom. The van der Waals surface area contributed by atoms with Gasteiger partial charge < -0.3 is 15.0 Å². The molecule has 0 aromatic heterocycles. The minimum Gasteiger partial charge on any atom is -0.381 e. The smallest absolute Gasteiger partial charge is 0.0495 e. The molecule has 0 amide bonds. The molecule has 3 fully saturated rings. The Kier molecular flexibility index (Phi) is 6.36. The molecule has 0 aromatic carbocycles. The van der Waals surface area contributed by atoms with Gasteiger partial charge in [0.05, 0.1) is 0 Å². The first-order valence-electron chi connectivity index (χ1n) is 7.67. The van der Waals surface area contributed by atoms with Crippen molar-refractivity contribution in [3.8, 4) is 0 Å². The van der Waals surface area contributed by atoms with E-state index in [4.69, 9.17) is 4.74 Å². The fourth-order valence-corrected chi connectivity index (χ4v) is 3.54. The van der Waals surface area contributed by atoms with Gasteiger partial charge in [-0.2, -0.15) is 0 Å². The van der Waals surface area contributed by atoms with E-state index >= 15 is 0 Å². The molecule has 5 heteroatoms. The molecule has 0 radical (unpaired) electrons. The highest BCUT2D eigenvalue weighted by Crippen LogP contribution is 2.20. The van der Waals surface area contributed by atoms with Crippen LogP contribution in [0.15, 0.2) is 0 Å². The first-order chi connectivity index (χ1) is 8.92. The molecular weight excluding hydrogens is 262 g/mol. The molecule has 0 spiro atoms. The van der Waals surface area contributed by atoms with Crippen LogP contribution in [0, 0.1) is 5.92 Å². The van der Waals surface area contributed by atoms with Crippen LogP contribution in [-0.4, -0.2) is 74.9 Å². The summed E-state index contributed by atoms with van der Waals surface area (Å²) in [4.78, 5) is 5.36. The minimum absolute atomic E-state index is 0. The predicted molar refractivity (Wildman–Crippen MR) is 80.1 cm³/mol. The van der Waals surface area contributed by atoms with Crippen LogP contribution in [0.2, 0.25) is 0 Å². The van der Waals surface area contributed by atoms with Crippen molar-refractivity contribution in [2.24, 2.45) is 5.92 Å². The maximum absolute atomic E-state index is 5.45. The second kappa shape index (κ2) is 7.79. The van der Waals surface area contributed by atoms with E-state index in [0.717, 1.165) is 25.2 Å². The van der Waals surface area contributed by atoms with Crippen LogP contribution in [0.5, 0.6) is 0 Å². The summed E-state index contributed by atoms with van der Waals surface area (Å²) in [5.74, 6) is 0.836. The van der Waals surface area contributed by atoms with Gasteiger partial charge in [0.25, 0.3) is 0 Å². The number of piperazine rings is 1. The van der Waals surface area contributed by atoms with Crippen LogP contribution < -0.4 is 5.32 Å². The number of hydrogen-bond donors (Lipinski definition) is 1. The normalized spacial score (nSPS) is 33.5. The molecule has 2 unspecified atom stereocenters. The summed E-state index contributed by atoms with van der Waals surface area (Å²) >= 11 is 0. The lowest BCUT2D eigenvalue weighted by atomic mass is 10.1. The summed E-state index contributed by atoms with van der Waals surface area (Å²) in [5, 5.41) is 3.44. The molecule has 0 aromatic rings. The van der Waals surface area contributed by atoms with E-state index in [2.05, 4.69) is 15.1 Å². The molecular formula is C14H28ClN3O. The Bertz CT molecular complexity index is 255. The van der Waals surface area contributed by atoms with Crippen molar-refractivity contribution in [1.29, 1.82) is 0 Å². The molecule has 0 aliphatic carbocycles. The quantitative estimate of drug-likeness (QED) is 0.829. The maximum atomic E-state index is 5.45. The van der Waals surface area contributed by atoms with E-state index < -0.39 is 0 Å². The number of hydrogen-bond acceptors (Lipinski definition) is 4. The largest absolute Gasteiger partial charge is 0.381 e. The van der Waals surface area contributed by atoms with Crippen molar-refractivity contribution in [1.82, 2.24) is 15.1 Å². The summed E-state index contributed by atoms with van der Waals surface area (Å²) < 4.78 is 5.45. The zero-order chi connectivity index (χ0) is 12.2. The zero-order valence-corrected chi connectivity index (χ0v) is 12.7. The van der Waals surface area contributed by atoms with Gasteiger partial charge in [0, 0.05) is 52.0 Å². The van der Waals surface area contributed by atoms with E-state index in [0.29, 0.717) is 0 Å². The molecule has 3 saturated heterocycles. The molecule has 0 saturated carbocycles. The zero-order valence-electron chi connectivity index (χ0n) is 11.9. The number of ether oxygens (including phenoxy) is 1. The lowest BCUT2D eigenvalue weighted by molar-refractivity contribution is 0.166. The van der Waals surface area contributed by atoms with E-state index in [1.807, 2.05) is 0 Å². The van der Waals surface area contributed by atoms with Gasteiger partial charge in [-0.3, -0.25) is 4.90 Å². The lowest BCUT2D eigenvalue weighted by Crippen LogP contribution is -2.49. The van der Waals surface area contributed by atoms with Gasteiger partial charge in [-0.1, -0.05) is 0 Å². The average Bonchev–Trinajstić information content (AvgIpc) is 3.09. The molecule has 4 nitrogen and oxygen atoms in total. The Hall–Kier alpha value is 0.130. The van der Waals surface area contributed by atoms with Gasteiger partial charge in [-0.05, 0) is 38.3 Å². The van der Waals surface area contributed by atoms with Gasteiger partial charge in [0.2, 0.25) is 0 Å². The van der Waals surface area contributed by atoms with Gasteiger partial charge >= 0.3 is 0 Å². The van der Waals surface area contributed by atoms with Crippen LogP contribution in [0.4, 0.5) is 0 Å². The number of rotatable bonds is 4. The van der Waals surface area contributed by atoms with Crippen LogP contribution in [-0.2, 0) is 4.74 Å². The second-order valence-corrected chi connectivity index (χ2v) is 6.05. The molecule has 112 valence electrons. The maximum Gasteiger partial charge on any atom is 0.0495 e. The number of nitrogens with zero attached hydrogens (tertiary/aromatic N) is 2. The molecule has 19 heavy (non-hydrogen) atoms. The van der Waals surface area contributed by atoms with Gasteiger partial charge in [-0.15, -0.1) is 12.4 Å². The number of likely N-dealkylation sites (tertiary alicyclic amines) is 1. The van der Waals surface area contributed by atoms with Crippen molar-refractivity contribution < 1.29 is 4.74 Å². The van der Waals surface area contributed by atoms with Gasteiger partial charge in [-0.25, -0.2) is 0 Å². The van der Waals surface area contributed by atoms with Crippen molar-refractivity contribution in [3.63, 3.8) is 0 Å². The second-order valence-electron chi connectivity index (χ2n) is 6.05. The monoisotopic (exact) mass is 289 g/mol. The number of nitrogens with one attached hydrogen (secondary N) is 1. The standard InChI is InChI=1S/C14H27N3O.ClH/c1(13-3-10-18-12-13)6-16-7-2-14(11-16)17-8-4-15-5-9-17;/h13-15H,1-12H2;1H. The predicted octanol–water partition coefficient (Wildman–Crippen LogP) is 0.814. The van der Waals surface area contributed by atoms with Crippen molar-refractivity contribution in [2.45, 2.75) is 25.3 Å². The third-order valence-corrected chi connectivity index (χ3v) is 4.79. The summed E-state index contributed by atoms with van der Waals surface area (Å²) in [6.45, 7) is 10.7. The molecule has 1 N–H and O–H groups in total. The van der Waals surface area contributed by atoms with E-state index in [9.17, 15) is 0 Å². The van der Waals surface area contributed by atoms with Crippen molar-refractivity contribution in [2.75, 3.05) is 59.0 Å². The summed E-state index contributed by atoms with van der Waals surface area (Å²) in [6.07, 6.45) is 4.00. The van der Waals surface area contributed by atoms with Crippen molar-refractivity contribution in [3.05, 3.63) is 0 Å². The third-order valence-electron chi connectivity index (χ3n) is 4.79. The van der Waals surface area contributed by atoms with Gasteiger partial charge in [0.1, 0.15) is 0 Å². The van der Waals surface area contributed by atoms with E-state index in [-0.39, 0.29) is 12.4 Å². The summed E-state index contributed by atoms with van der Waals surface area (Å²) in [7, 11) is 0. The van der Waals surface area contributed by atoms with E-state index in [1.54, 1.807) is 0 Å². The molecule has 2 atom stereocenters. The molecule has 3 heterocycles. The SMILES string of the molecule is C1CN(C2CCN(CCC3CCOC3)C2)CCN1.Cl. The van der Waals surface area contributed by atoms with Crippen LogP contribution >= 0.6 is 12.4 Å². The topological polar surface area (TPSA) is 27.7 Å². The highest BCUT2D eigenvalue weighted by molar-refractivity contribution is 5.85. The summed E-state index contributed by atoms with van der Waals surface area (Å²) in [6, 6.07) is 0.826. The molecule has 3 rings (SSSR count). The Morgan fingerprint density at radius 2 is 1.95 bits per heavy atom. The molecule has 3 aliphatic rings. The Labute approximate surface area is 123 Å². The average molecular weight is 290 g/mol. The first kappa shape index (κ1) is 15.5. The third kappa shape index (κ3) is 4.30. The van der Waals surface area contributed by atoms with Crippen LogP contribution in [0.25, 0.3) is 0 Å². The Morgan fingerprint density at radius 1 is 1.11 bits per heavy atom. The number of halogens is 1. The highest BCUT2D eigenvalue weighted by atomic mass is 35.5. The Balaban J connectivity index is 0.00000133. The fourth-order valence-electron chi connectivity index (χ4n) is 3.54. The summed E-state index contributed by atoms with van der Waals surface area (Å²) in [5.41, 5.74) is 0. The fraction of sp³-hybridized carbons (Fsp3) is 1.00. The molecule has 0 bridgehead atoms. The lowest BCUT2D eigenvalue weighted by Gasteiger charge is -2.32. The van der Waals surface area contributed by atoms with Crippen molar-refractivity contribution >= 4 is 12.4 Å². The van der Waals surface area contributed by atoms with Gasteiger partial charge in [0.15, 0.2) is 0 Å². The minimum atomic E-state index is 0. The van der Waals surface area contributed by atoms with E-state index in [1.165, 1.54) is 65.1 Å². The van der Waals surface area contributed by atoms with Crippen LogP contribution in [0.3, 0.4) is 0 Å². The first-order valence-corrected chi connectivity index (χ1v) is 7.67. The van der Waals surface area contributed by atoms with Crippen LogP contribution in [0.1, 0.15) is 19.3 Å².